The first kappa shape index (κ1) is 15.3. The highest BCUT2D eigenvalue weighted by Gasteiger charge is 2.28. The average molecular weight is 327 g/mol. The SMILES string of the molecule is CCn1c(CN2CCC[C@@H]2c2cnn(C)c2)nc2cc(F)ccc21. The van der Waals surface area contributed by atoms with Crippen molar-refractivity contribution >= 4 is 11.0 Å². The summed E-state index contributed by atoms with van der Waals surface area (Å²) in [6.07, 6.45) is 6.38. The minimum atomic E-state index is -0.232. The van der Waals surface area contributed by atoms with Gasteiger partial charge in [-0.25, -0.2) is 9.37 Å². The van der Waals surface area contributed by atoms with Crippen LogP contribution in [0.15, 0.2) is 30.6 Å². The number of halogens is 1. The van der Waals surface area contributed by atoms with E-state index in [9.17, 15) is 4.39 Å². The van der Waals surface area contributed by atoms with E-state index in [0.29, 0.717) is 6.04 Å². The van der Waals surface area contributed by atoms with Crippen LogP contribution in [0.3, 0.4) is 0 Å². The number of rotatable bonds is 4. The third kappa shape index (κ3) is 2.60. The molecule has 5 nitrogen and oxygen atoms in total. The molecule has 1 atom stereocenters. The molecule has 1 aliphatic heterocycles. The second-order valence-electron chi connectivity index (χ2n) is 6.48. The molecule has 0 amide bonds. The predicted octanol–water partition coefficient (Wildman–Crippen LogP) is 3.27. The van der Waals surface area contributed by atoms with Gasteiger partial charge in [-0.3, -0.25) is 9.58 Å². The first-order valence-corrected chi connectivity index (χ1v) is 8.53. The molecule has 0 unspecified atom stereocenters. The van der Waals surface area contributed by atoms with Crippen LogP contribution in [0, 0.1) is 5.82 Å². The van der Waals surface area contributed by atoms with Gasteiger partial charge in [0.25, 0.3) is 0 Å². The second-order valence-corrected chi connectivity index (χ2v) is 6.48. The molecule has 1 fully saturated rings. The van der Waals surface area contributed by atoms with Crippen molar-refractivity contribution in [2.24, 2.45) is 7.05 Å². The van der Waals surface area contributed by atoms with E-state index in [4.69, 9.17) is 4.98 Å². The Labute approximate surface area is 140 Å². The lowest BCUT2D eigenvalue weighted by Gasteiger charge is -2.23. The maximum atomic E-state index is 13.5. The van der Waals surface area contributed by atoms with Gasteiger partial charge in [0.15, 0.2) is 0 Å². The molecule has 0 aliphatic carbocycles. The third-order valence-corrected chi connectivity index (χ3v) is 4.92. The van der Waals surface area contributed by atoms with E-state index in [2.05, 4.69) is 27.7 Å². The Morgan fingerprint density at radius 2 is 2.21 bits per heavy atom. The van der Waals surface area contributed by atoms with Gasteiger partial charge < -0.3 is 4.57 Å². The highest BCUT2D eigenvalue weighted by Crippen LogP contribution is 2.33. The minimum Gasteiger partial charge on any atom is -0.327 e. The van der Waals surface area contributed by atoms with Crippen molar-refractivity contribution in [1.29, 1.82) is 0 Å². The fourth-order valence-corrected chi connectivity index (χ4v) is 3.81. The number of fused-ring (bicyclic) bond motifs is 1. The maximum Gasteiger partial charge on any atom is 0.125 e. The number of benzene rings is 1. The summed E-state index contributed by atoms with van der Waals surface area (Å²) in [7, 11) is 1.95. The van der Waals surface area contributed by atoms with Crippen LogP contribution in [0.4, 0.5) is 4.39 Å². The zero-order chi connectivity index (χ0) is 16.7. The van der Waals surface area contributed by atoms with Gasteiger partial charge >= 0.3 is 0 Å². The molecule has 0 saturated carbocycles. The number of aromatic nitrogens is 4. The van der Waals surface area contributed by atoms with E-state index in [-0.39, 0.29) is 5.82 Å². The van der Waals surface area contributed by atoms with Gasteiger partial charge in [0.2, 0.25) is 0 Å². The Morgan fingerprint density at radius 1 is 1.33 bits per heavy atom. The summed E-state index contributed by atoms with van der Waals surface area (Å²) >= 11 is 0. The third-order valence-electron chi connectivity index (χ3n) is 4.92. The molecule has 2 aromatic heterocycles. The number of hydrogen-bond acceptors (Lipinski definition) is 3. The van der Waals surface area contributed by atoms with Crippen LogP contribution in [-0.4, -0.2) is 30.8 Å². The Bertz CT molecular complexity index is 866. The molecule has 0 radical (unpaired) electrons. The highest BCUT2D eigenvalue weighted by molar-refractivity contribution is 5.76. The first-order valence-electron chi connectivity index (χ1n) is 8.53. The summed E-state index contributed by atoms with van der Waals surface area (Å²) in [5, 5.41) is 4.31. The highest BCUT2D eigenvalue weighted by atomic mass is 19.1. The van der Waals surface area contributed by atoms with Crippen molar-refractivity contribution in [3.05, 3.63) is 47.8 Å². The second kappa shape index (κ2) is 6.02. The normalized spacial score (nSPS) is 18.7. The molecule has 0 spiro atoms. The molecule has 1 aromatic carbocycles. The predicted molar refractivity (Wildman–Crippen MR) is 91.0 cm³/mol. The van der Waals surface area contributed by atoms with E-state index >= 15 is 0 Å². The van der Waals surface area contributed by atoms with Gasteiger partial charge in [0, 0.05) is 37.5 Å². The number of hydrogen-bond donors (Lipinski definition) is 0. The zero-order valence-corrected chi connectivity index (χ0v) is 14.1. The average Bonchev–Trinajstić information content (AvgIpc) is 3.25. The smallest absolute Gasteiger partial charge is 0.125 e. The van der Waals surface area contributed by atoms with Crippen LogP contribution in [0.2, 0.25) is 0 Å². The van der Waals surface area contributed by atoms with Crippen LogP contribution in [0.1, 0.15) is 37.2 Å². The maximum absolute atomic E-state index is 13.5. The zero-order valence-electron chi connectivity index (χ0n) is 14.1. The molecule has 1 saturated heterocycles. The number of aryl methyl sites for hydroxylation is 2. The summed E-state index contributed by atoms with van der Waals surface area (Å²) in [6, 6.07) is 5.25. The number of imidazole rings is 1. The Hall–Kier alpha value is -2.21. The molecule has 126 valence electrons. The largest absolute Gasteiger partial charge is 0.327 e. The van der Waals surface area contributed by atoms with Crippen LogP contribution in [-0.2, 0) is 20.1 Å². The summed E-state index contributed by atoms with van der Waals surface area (Å²) < 4.78 is 17.5. The minimum absolute atomic E-state index is 0.232. The number of nitrogens with zero attached hydrogens (tertiary/aromatic N) is 5. The lowest BCUT2D eigenvalue weighted by Crippen LogP contribution is -2.24. The van der Waals surface area contributed by atoms with Gasteiger partial charge in [0.1, 0.15) is 11.6 Å². The summed E-state index contributed by atoms with van der Waals surface area (Å²) in [5.74, 6) is 0.776. The quantitative estimate of drug-likeness (QED) is 0.738. The monoisotopic (exact) mass is 327 g/mol. The Balaban J connectivity index is 1.65. The summed E-state index contributed by atoms with van der Waals surface area (Å²) in [5.41, 5.74) is 3.01. The van der Waals surface area contributed by atoms with E-state index in [0.717, 1.165) is 42.9 Å². The van der Waals surface area contributed by atoms with Gasteiger partial charge in [-0.05, 0) is 38.4 Å². The molecule has 3 aromatic rings. The van der Waals surface area contributed by atoms with Gasteiger partial charge in [-0.1, -0.05) is 0 Å². The van der Waals surface area contributed by atoms with Crippen molar-refractivity contribution in [2.45, 2.75) is 38.9 Å². The molecule has 6 heteroatoms. The van der Waals surface area contributed by atoms with E-state index in [1.807, 2.05) is 24.0 Å². The van der Waals surface area contributed by atoms with Crippen LogP contribution < -0.4 is 0 Å². The van der Waals surface area contributed by atoms with E-state index in [1.54, 1.807) is 0 Å². The fraction of sp³-hybridized carbons (Fsp3) is 0.444. The van der Waals surface area contributed by atoms with Gasteiger partial charge in [-0.15, -0.1) is 0 Å². The fourth-order valence-electron chi connectivity index (χ4n) is 3.81. The first-order chi connectivity index (χ1) is 11.7. The molecule has 0 bridgehead atoms. The van der Waals surface area contributed by atoms with Crippen molar-refractivity contribution < 1.29 is 4.39 Å². The number of likely N-dealkylation sites (tertiary alicyclic amines) is 1. The van der Waals surface area contributed by atoms with Crippen molar-refractivity contribution in [3.8, 4) is 0 Å². The summed E-state index contributed by atoms with van der Waals surface area (Å²) in [6.45, 7) is 4.78. The molecule has 3 heterocycles. The molecule has 1 aliphatic rings. The molecule has 0 N–H and O–H groups in total. The van der Waals surface area contributed by atoms with Crippen molar-refractivity contribution in [1.82, 2.24) is 24.2 Å². The van der Waals surface area contributed by atoms with Crippen LogP contribution in [0.25, 0.3) is 11.0 Å². The molecule has 24 heavy (non-hydrogen) atoms. The lowest BCUT2D eigenvalue weighted by molar-refractivity contribution is 0.239. The topological polar surface area (TPSA) is 38.9 Å². The van der Waals surface area contributed by atoms with Crippen molar-refractivity contribution in [2.75, 3.05) is 6.54 Å². The summed E-state index contributed by atoms with van der Waals surface area (Å²) in [4.78, 5) is 7.16. The Kier molecular flexibility index (Phi) is 3.84. The standard InChI is InChI=1S/C18H22FN5/c1-3-24-17-7-6-14(19)9-15(17)21-18(24)12-23-8-4-5-16(23)13-10-20-22(2)11-13/h6-7,9-11,16H,3-5,8,12H2,1-2H3/t16-/m1/s1. The molecule has 4 rings (SSSR count). The van der Waals surface area contributed by atoms with Crippen molar-refractivity contribution in [3.63, 3.8) is 0 Å². The van der Waals surface area contributed by atoms with E-state index in [1.165, 1.54) is 24.1 Å². The van der Waals surface area contributed by atoms with Crippen LogP contribution in [0.5, 0.6) is 0 Å². The van der Waals surface area contributed by atoms with Gasteiger partial charge in [-0.2, -0.15) is 5.10 Å². The lowest BCUT2D eigenvalue weighted by atomic mass is 10.1. The van der Waals surface area contributed by atoms with E-state index < -0.39 is 0 Å². The molecular formula is C18H22FN5. The molecular weight excluding hydrogens is 305 g/mol. The Morgan fingerprint density at radius 3 is 2.96 bits per heavy atom. The van der Waals surface area contributed by atoms with Gasteiger partial charge in [0.05, 0.1) is 23.8 Å². The van der Waals surface area contributed by atoms with Crippen LogP contribution >= 0.6 is 0 Å².